The third-order valence-corrected chi connectivity index (χ3v) is 3.26. The SMILES string of the molecule is COCCN(C)CCNCCCCc1ccccc1. The lowest BCUT2D eigenvalue weighted by molar-refractivity contribution is 0.161. The molecule has 3 nitrogen and oxygen atoms in total. The molecule has 1 N–H and O–H groups in total. The lowest BCUT2D eigenvalue weighted by atomic mass is 10.1. The van der Waals surface area contributed by atoms with Crippen molar-refractivity contribution in [2.45, 2.75) is 19.3 Å². The van der Waals surface area contributed by atoms with Crippen LogP contribution in [0.1, 0.15) is 18.4 Å². The summed E-state index contributed by atoms with van der Waals surface area (Å²) in [5, 5.41) is 3.50. The van der Waals surface area contributed by atoms with Crippen LogP contribution in [0.25, 0.3) is 0 Å². The van der Waals surface area contributed by atoms with Crippen molar-refractivity contribution in [2.75, 3.05) is 46.9 Å². The standard InChI is InChI=1S/C16H28N2O/c1-18(14-15-19-2)13-12-17-11-7-6-10-16-8-4-3-5-9-16/h3-5,8-9,17H,6-7,10-15H2,1-2H3. The molecule has 0 amide bonds. The Bertz CT molecular complexity index is 303. The van der Waals surface area contributed by atoms with E-state index >= 15 is 0 Å². The minimum atomic E-state index is 0.813. The van der Waals surface area contributed by atoms with Crippen LogP contribution in [-0.4, -0.2) is 51.8 Å². The number of ether oxygens (including phenoxy) is 1. The van der Waals surface area contributed by atoms with Crippen LogP contribution >= 0.6 is 0 Å². The molecule has 0 aliphatic rings. The summed E-state index contributed by atoms with van der Waals surface area (Å²) in [6, 6.07) is 10.7. The summed E-state index contributed by atoms with van der Waals surface area (Å²) in [5.74, 6) is 0. The highest BCUT2D eigenvalue weighted by atomic mass is 16.5. The molecule has 0 radical (unpaired) electrons. The third-order valence-electron chi connectivity index (χ3n) is 3.26. The van der Waals surface area contributed by atoms with Crippen molar-refractivity contribution < 1.29 is 4.74 Å². The Morgan fingerprint density at radius 3 is 2.58 bits per heavy atom. The second-order valence-corrected chi connectivity index (χ2v) is 4.99. The summed E-state index contributed by atoms with van der Waals surface area (Å²) in [6.07, 6.45) is 3.70. The van der Waals surface area contributed by atoms with Gasteiger partial charge in [-0.1, -0.05) is 30.3 Å². The van der Waals surface area contributed by atoms with Crippen molar-refractivity contribution in [3.8, 4) is 0 Å². The molecule has 0 bridgehead atoms. The summed E-state index contributed by atoms with van der Waals surface area (Å²) >= 11 is 0. The average molecular weight is 264 g/mol. The third kappa shape index (κ3) is 8.76. The number of methoxy groups -OCH3 is 1. The van der Waals surface area contributed by atoms with E-state index in [1.54, 1.807) is 7.11 Å². The molecule has 0 unspecified atom stereocenters. The second-order valence-electron chi connectivity index (χ2n) is 4.99. The van der Waals surface area contributed by atoms with E-state index in [1.165, 1.54) is 24.8 Å². The van der Waals surface area contributed by atoms with E-state index in [0.29, 0.717) is 0 Å². The van der Waals surface area contributed by atoms with E-state index in [2.05, 4.69) is 47.6 Å². The van der Waals surface area contributed by atoms with E-state index in [4.69, 9.17) is 4.74 Å². The van der Waals surface area contributed by atoms with Gasteiger partial charge in [0.2, 0.25) is 0 Å². The Morgan fingerprint density at radius 1 is 1.05 bits per heavy atom. The molecular weight excluding hydrogens is 236 g/mol. The number of aryl methyl sites for hydroxylation is 1. The number of hydrogen-bond donors (Lipinski definition) is 1. The normalized spacial score (nSPS) is 11.1. The first-order valence-corrected chi connectivity index (χ1v) is 7.25. The van der Waals surface area contributed by atoms with Gasteiger partial charge < -0.3 is 15.0 Å². The Labute approximate surface area is 118 Å². The van der Waals surface area contributed by atoms with Crippen molar-refractivity contribution in [3.05, 3.63) is 35.9 Å². The average Bonchev–Trinajstić information content (AvgIpc) is 2.45. The molecular formula is C16H28N2O. The monoisotopic (exact) mass is 264 g/mol. The van der Waals surface area contributed by atoms with E-state index in [9.17, 15) is 0 Å². The lowest BCUT2D eigenvalue weighted by Gasteiger charge is -2.16. The van der Waals surface area contributed by atoms with Crippen LogP contribution in [0.15, 0.2) is 30.3 Å². The Morgan fingerprint density at radius 2 is 1.84 bits per heavy atom. The molecule has 108 valence electrons. The summed E-state index contributed by atoms with van der Waals surface area (Å²) in [5.41, 5.74) is 1.45. The zero-order valence-electron chi connectivity index (χ0n) is 12.4. The van der Waals surface area contributed by atoms with E-state index in [1.807, 2.05) is 0 Å². The van der Waals surface area contributed by atoms with Crippen LogP contribution in [0.3, 0.4) is 0 Å². The molecule has 0 saturated carbocycles. The van der Waals surface area contributed by atoms with Gasteiger partial charge in [-0.15, -0.1) is 0 Å². The van der Waals surface area contributed by atoms with Crippen molar-refractivity contribution in [2.24, 2.45) is 0 Å². The summed E-state index contributed by atoms with van der Waals surface area (Å²) < 4.78 is 5.05. The molecule has 0 heterocycles. The molecule has 0 aliphatic carbocycles. The van der Waals surface area contributed by atoms with Gasteiger partial charge in [0.25, 0.3) is 0 Å². The predicted molar refractivity (Wildman–Crippen MR) is 81.6 cm³/mol. The number of unbranched alkanes of at least 4 members (excludes halogenated alkanes) is 1. The van der Waals surface area contributed by atoms with Crippen LogP contribution in [-0.2, 0) is 11.2 Å². The zero-order valence-corrected chi connectivity index (χ0v) is 12.4. The molecule has 0 aromatic heterocycles. The van der Waals surface area contributed by atoms with Gasteiger partial charge >= 0.3 is 0 Å². The van der Waals surface area contributed by atoms with Crippen molar-refractivity contribution >= 4 is 0 Å². The molecule has 1 rings (SSSR count). The van der Waals surface area contributed by atoms with Gasteiger partial charge in [-0.05, 0) is 38.4 Å². The second kappa shape index (κ2) is 11.0. The Balaban J connectivity index is 1.89. The number of rotatable bonds is 11. The molecule has 0 spiro atoms. The Kier molecular flexibility index (Phi) is 9.33. The molecule has 19 heavy (non-hydrogen) atoms. The van der Waals surface area contributed by atoms with E-state index in [-0.39, 0.29) is 0 Å². The topological polar surface area (TPSA) is 24.5 Å². The molecule has 1 aromatic rings. The first-order valence-electron chi connectivity index (χ1n) is 7.25. The largest absolute Gasteiger partial charge is 0.383 e. The lowest BCUT2D eigenvalue weighted by Crippen LogP contribution is -2.31. The Hall–Kier alpha value is -0.900. The van der Waals surface area contributed by atoms with Crippen LogP contribution in [0.4, 0.5) is 0 Å². The van der Waals surface area contributed by atoms with Crippen molar-refractivity contribution in [1.82, 2.24) is 10.2 Å². The fraction of sp³-hybridized carbons (Fsp3) is 0.625. The van der Waals surface area contributed by atoms with Crippen molar-refractivity contribution in [3.63, 3.8) is 0 Å². The van der Waals surface area contributed by atoms with Crippen molar-refractivity contribution in [1.29, 1.82) is 0 Å². The highest BCUT2D eigenvalue weighted by Gasteiger charge is 1.97. The molecule has 0 aliphatic heterocycles. The maximum Gasteiger partial charge on any atom is 0.0589 e. The summed E-state index contributed by atoms with van der Waals surface area (Å²) in [6.45, 7) is 5.08. The minimum absolute atomic E-state index is 0.813. The van der Waals surface area contributed by atoms with Gasteiger partial charge in [-0.25, -0.2) is 0 Å². The van der Waals surface area contributed by atoms with Crippen LogP contribution < -0.4 is 5.32 Å². The number of nitrogens with one attached hydrogen (secondary N) is 1. The van der Waals surface area contributed by atoms with Crippen LogP contribution in [0.5, 0.6) is 0 Å². The molecule has 0 fully saturated rings. The fourth-order valence-electron chi connectivity index (χ4n) is 1.98. The number of hydrogen-bond acceptors (Lipinski definition) is 3. The minimum Gasteiger partial charge on any atom is -0.383 e. The molecule has 0 atom stereocenters. The fourth-order valence-corrected chi connectivity index (χ4v) is 1.98. The van der Waals surface area contributed by atoms with Gasteiger partial charge in [0.15, 0.2) is 0 Å². The molecule has 3 heteroatoms. The molecule has 0 saturated heterocycles. The molecule has 1 aromatic carbocycles. The first-order chi connectivity index (χ1) is 9.33. The predicted octanol–water partition coefficient (Wildman–Crippen LogP) is 2.18. The van der Waals surface area contributed by atoms with Crippen LogP contribution in [0, 0.1) is 0 Å². The van der Waals surface area contributed by atoms with E-state index in [0.717, 1.165) is 32.8 Å². The number of likely N-dealkylation sites (N-methyl/N-ethyl adjacent to an activating group) is 1. The zero-order chi connectivity index (χ0) is 13.8. The summed E-state index contributed by atoms with van der Waals surface area (Å²) in [7, 11) is 3.88. The van der Waals surface area contributed by atoms with Gasteiger partial charge in [-0.2, -0.15) is 0 Å². The highest BCUT2D eigenvalue weighted by molar-refractivity contribution is 5.14. The smallest absolute Gasteiger partial charge is 0.0589 e. The number of nitrogens with zero attached hydrogens (tertiary/aromatic N) is 1. The van der Waals surface area contributed by atoms with Gasteiger partial charge in [-0.3, -0.25) is 0 Å². The highest BCUT2D eigenvalue weighted by Crippen LogP contribution is 2.03. The van der Waals surface area contributed by atoms with Gasteiger partial charge in [0.1, 0.15) is 0 Å². The van der Waals surface area contributed by atoms with Gasteiger partial charge in [0.05, 0.1) is 6.61 Å². The van der Waals surface area contributed by atoms with Crippen LogP contribution in [0.2, 0.25) is 0 Å². The van der Waals surface area contributed by atoms with E-state index < -0.39 is 0 Å². The summed E-state index contributed by atoms with van der Waals surface area (Å²) in [4.78, 5) is 2.29. The quantitative estimate of drug-likeness (QED) is 0.620. The first kappa shape index (κ1) is 16.2. The number of benzene rings is 1. The maximum absolute atomic E-state index is 5.05. The van der Waals surface area contributed by atoms with Gasteiger partial charge in [0, 0.05) is 26.7 Å². The maximum atomic E-state index is 5.05.